The Morgan fingerprint density at radius 3 is 2.60 bits per heavy atom. The quantitative estimate of drug-likeness (QED) is 0.376. The fraction of sp³-hybridized carbons (Fsp3) is 0.448. The normalized spacial score (nSPS) is 17.9. The molecule has 40 heavy (non-hydrogen) atoms. The highest BCUT2D eigenvalue weighted by Gasteiger charge is 2.38. The highest BCUT2D eigenvalue weighted by Crippen LogP contribution is 2.40. The van der Waals surface area contributed by atoms with E-state index in [1.54, 1.807) is 16.2 Å². The number of nitrogens with one attached hydrogen (secondary N) is 2. The molecule has 2 atom stereocenters. The van der Waals surface area contributed by atoms with Crippen LogP contribution in [-0.4, -0.2) is 32.1 Å². The standard InChI is InChI=1S/C29H34ClN5O4S/c1-5-18-12-21(35-23(18)24(30)33-25(27(35)37)31-13-17-9-7-6-8-10-17)26(36)32-14-20-11-19-15-34(16-22(19)40-20)28(38)39-29(2,3)4/h6-11,18,21H,5,12-16H2,1-4H3,(H,31,33)(H,32,36)/t18-,21-/m0/s1. The minimum Gasteiger partial charge on any atom is -0.444 e. The Bertz CT molecular complexity index is 1460. The van der Waals surface area contributed by atoms with E-state index < -0.39 is 11.6 Å². The van der Waals surface area contributed by atoms with Crippen LogP contribution in [0.3, 0.4) is 0 Å². The monoisotopic (exact) mass is 583 g/mol. The number of halogens is 1. The number of nitrogens with zero attached hydrogens (tertiary/aromatic N) is 3. The van der Waals surface area contributed by atoms with Crippen LogP contribution in [0.15, 0.2) is 41.2 Å². The van der Waals surface area contributed by atoms with Gasteiger partial charge in [0.05, 0.1) is 25.3 Å². The number of hydrogen-bond acceptors (Lipinski definition) is 7. The van der Waals surface area contributed by atoms with E-state index >= 15 is 0 Å². The van der Waals surface area contributed by atoms with Crippen molar-refractivity contribution in [2.75, 3.05) is 5.32 Å². The van der Waals surface area contributed by atoms with E-state index in [0.29, 0.717) is 38.3 Å². The van der Waals surface area contributed by atoms with Crippen LogP contribution in [-0.2, 0) is 35.7 Å². The first-order valence-electron chi connectivity index (χ1n) is 13.5. The predicted octanol–water partition coefficient (Wildman–Crippen LogP) is 5.58. The molecule has 0 aliphatic carbocycles. The molecule has 212 valence electrons. The number of carbonyl (C=O) groups is 2. The maximum absolute atomic E-state index is 13.5. The second-order valence-corrected chi connectivity index (χ2v) is 12.8. The van der Waals surface area contributed by atoms with E-state index in [-0.39, 0.29) is 34.4 Å². The first-order chi connectivity index (χ1) is 19.0. The van der Waals surface area contributed by atoms with Gasteiger partial charge in [0.1, 0.15) is 11.6 Å². The van der Waals surface area contributed by atoms with Gasteiger partial charge in [0.25, 0.3) is 5.56 Å². The third-order valence-corrected chi connectivity index (χ3v) is 8.58. The minimum atomic E-state index is -0.667. The maximum atomic E-state index is 13.5. The molecule has 5 rings (SSSR count). The SMILES string of the molecule is CC[C@H]1C[C@@H](C(=O)NCc2cc3c(s2)CN(C(=O)OC(C)(C)C)C3)n2c1c(Cl)nc(NCc1ccccc1)c2=O. The van der Waals surface area contributed by atoms with Crippen LogP contribution < -0.4 is 16.2 Å². The summed E-state index contributed by atoms with van der Waals surface area (Å²) in [6, 6.07) is 11.1. The molecule has 11 heteroatoms. The number of rotatable bonds is 7. The van der Waals surface area contributed by atoms with E-state index in [9.17, 15) is 14.4 Å². The molecule has 2 aliphatic heterocycles. The predicted molar refractivity (Wildman–Crippen MR) is 156 cm³/mol. The van der Waals surface area contributed by atoms with E-state index in [2.05, 4.69) is 15.6 Å². The van der Waals surface area contributed by atoms with Crippen molar-refractivity contribution in [1.29, 1.82) is 0 Å². The first kappa shape index (κ1) is 28.2. The van der Waals surface area contributed by atoms with Crippen molar-refractivity contribution in [2.24, 2.45) is 0 Å². The van der Waals surface area contributed by atoms with Crippen LogP contribution in [0.1, 0.15) is 79.1 Å². The topological polar surface area (TPSA) is 106 Å². The van der Waals surface area contributed by atoms with Gasteiger partial charge in [-0.15, -0.1) is 11.3 Å². The smallest absolute Gasteiger partial charge is 0.410 e. The molecule has 2 aromatic heterocycles. The number of thiophene rings is 1. The molecule has 2 N–H and O–H groups in total. The fourth-order valence-corrected chi connectivity index (χ4v) is 6.70. The highest BCUT2D eigenvalue weighted by molar-refractivity contribution is 7.12. The van der Waals surface area contributed by atoms with Crippen molar-refractivity contribution in [3.8, 4) is 0 Å². The van der Waals surface area contributed by atoms with Crippen molar-refractivity contribution in [3.63, 3.8) is 0 Å². The maximum Gasteiger partial charge on any atom is 0.410 e. The molecule has 0 radical (unpaired) electrons. The number of anilines is 1. The van der Waals surface area contributed by atoms with Gasteiger partial charge in [-0.3, -0.25) is 19.1 Å². The second-order valence-electron chi connectivity index (χ2n) is 11.2. The molecule has 4 heterocycles. The molecule has 0 spiro atoms. The lowest BCUT2D eigenvalue weighted by Gasteiger charge is -2.24. The number of amides is 2. The van der Waals surface area contributed by atoms with Gasteiger partial charge in [0.15, 0.2) is 11.0 Å². The first-order valence-corrected chi connectivity index (χ1v) is 14.7. The number of ether oxygens (including phenoxy) is 1. The molecule has 3 aromatic rings. The highest BCUT2D eigenvalue weighted by atomic mass is 35.5. The van der Waals surface area contributed by atoms with Gasteiger partial charge in [-0.25, -0.2) is 9.78 Å². The van der Waals surface area contributed by atoms with E-state index in [1.165, 1.54) is 4.57 Å². The van der Waals surface area contributed by atoms with Gasteiger partial charge in [-0.05, 0) is 50.8 Å². The molecule has 2 aliphatic rings. The Labute approximate surface area is 242 Å². The number of hydrogen-bond donors (Lipinski definition) is 2. The van der Waals surface area contributed by atoms with Gasteiger partial charge in [0, 0.05) is 22.2 Å². The van der Waals surface area contributed by atoms with Crippen LogP contribution in [0, 0.1) is 0 Å². The van der Waals surface area contributed by atoms with Crippen molar-refractivity contribution < 1.29 is 14.3 Å². The van der Waals surface area contributed by atoms with Gasteiger partial charge >= 0.3 is 6.09 Å². The number of benzene rings is 1. The Morgan fingerprint density at radius 1 is 1.18 bits per heavy atom. The third kappa shape index (κ3) is 5.88. The van der Waals surface area contributed by atoms with Crippen molar-refractivity contribution in [1.82, 2.24) is 19.8 Å². The zero-order valence-corrected chi connectivity index (χ0v) is 24.7. The Hall–Kier alpha value is -3.37. The molecule has 0 saturated heterocycles. The van der Waals surface area contributed by atoms with E-state index in [0.717, 1.165) is 27.3 Å². The number of fused-ring (bicyclic) bond motifs is 2. The summed E-state index contributed by atoms with van der Waals surface area (Å²) in [5, 5.41) is 6.38. The summed E-state index contributed by atoms with van der Waals surface area (Å²) >= 11 is 8.15. The lowest BCUT2D eigenvalue weighted by atomic mass is 9.99. The molecular weight excluding hydrogens is 550 g/mol. The third-order valence-electron chi connectivity index (χ3n) is 7.14. The van der Waals surface area contributed by atoms with E-state index in [1.807, 2.05) is 64.1 Å². The Balaban J connectivity index is 1.27. The van der Waals surface area contributed by atoms with Crippen LogP contribution in [0.4, 0.5) is 10.6 Å². The van der Waals surface area contributed by atoms with Crippen LogP contribution in [0.2, 0.25) is 5.15 Å². The summed E-state index contributed by atoms with van der Waals surface area (Å²) in [6.45, 7) is 9.32. The lowest BCUT2D eigenvalue weighted by molar-refractivity contribution is -0.124. The molecule has 0 fully saturated rings. The van der Waals surface area contributed by atoms with Crippen LogP contribution >= 0.6 is 22.9 Å². The molecule has 1 aromatic carbocycles. The second kappa shape index (κ2) is 11.2. The molecule has 0 bridgehead atoms. The van der Waals surface area contributed by atoms with Crippen LogP contribution in [0.5, 0.6) is 0 Å². The average molecular weight is 584 g/mol. The largest absolute Gasteiger partial charge is 0.444 e. The zero-order valence-electron chi connectivity index (χ0n) is 23.1. The van der Waals surface area contributed by atoms with Crippen molar-refractivity contribution in [2.45, 2.75) is 84.3 Å². The molecule has 0 saturated carbocycles. The van der Waals surface area contributed by atoms with Gasteiger partial charge < -0.3 is 15.4 Å². The molecule has 9 nitrogen and oxygen atoms in total. The summed E-state index contributed by atoms with van der Waals surface area (Å²) < 4.78 is 7.01. The lowest BCUT2D eigenvalue weighted by Crippen LogP contribution is -2.36. The number of aromatic nitrogens is 2. The van der Waals surface area contributed by atoms with Crippen molar-refractivity contribution >= 4 is 40.8 Å². The minimum absolute atomic E-state index is 0.0315. The zero-order chi connectivity index (χ0) is 28.6. The van der Waals surface area contributed by atoms with Crippen LogP contribution in [0.25, 0.3) is 0 Å². The summed E-state index contributed by atoms with van der Waals surface area (Å²) in [6.07, 6.45) is 0.910. The summed E-state index contributed by atoms with van der Waals surface area (Å²) in [4.78, 5) is 47.5. The van der Waals surface area contributed by atoms with Gasteiger partial charge in [-0.1, -0.05) is 48.9 Å². The van der Waals surface area contributed by atoms with Crippen molar-refractivity contribution in [3.05, 3.63) is 78.5 Å². The molecule has 0 unspecified atom stereocenters. The van der Waals surface area contributed by atoms with Gasteiger partial charge in [-0.2, -0.15) is 0 Å². The molecular formula is C29H34ClN5O4S. The summed E-state index contributed by atoms with van der Waals surface area (Å²) in [5.41, 5.74) is 1.81. The fourth-order valence-electron chi connectivity index (χ4n) is 5.23. The van der Waals surface area contributed by atoms with E-state index in [4.69, 9.17) is 16.3 Å². The number of carbonyl (C=O) groups excluding carboxylic acids is 2. The Kier molecular flexibility index (Phi) is 7.92. The summed E-state index contributed by atoms with van der Waals surface area (Å²) in [7, 11) is 0. The Morgan fingerprint density at radius 2 is 1.93 bits per heavy atom. The van der Waals surface area contributed by atoms with Gasteiger partial charge in [0.2, 0.25) is 5.91 Å². The summed E-state index contributed by atoms with van der Waals surface area (Å²) in [5.74, 6) is -0.119. The average Bonchev–Trinajstić information content (AvgIpc) is 3.60. The molecule has 2 amide bonds.